The third-order valence-electron chi connectivity index (χ3n) is 5.25. The van der Waals surface area contributed by atoms with Crippen molar-refractivity contribution in [2.24, 2.45) is 0 Å². The summed E-state index contributed by atoms with van der Waals surface area (Å²) < 4.78 is 0. The highest BCUT2D eigenvalue weighted by Gasteiger charge is 2.24. The lowest BCUT2D eigenvalue weighted by Gasteiger charge is -2.27. The highest BCUT2D eigenvalue weighted by molar-refractivity contribution is 8.00. The van der Waals surface area contributed by atoms with Crippen molar-refractivity contribution in [3.05, 3.63) is 65.6 Å². The number of carbonyl (C=O) groups is 1. The lowest BCUT2D eigenvalue weighted by Crippen LogP contribution is -2.36. The first-order valence-electron chi connectivity index (χ1n) is 9.41. The molecule has 0 spiro atoms. The van der Waals surface area contributed by atoms with Crippen LogP contribution in [0.2, 0.25) is 0 Å². The van der Waals surface area contributed by atoms with Crippen molar-refractivity contribution in [2.45, 2.75) is 24.9 Å². The van der Waals surface area contributed by atoms with Crippen LogP contribution in [0.1, 0.15) is 17.1 Å². The second kappa shape index (κ2) is 6.95. The number of carbonyl (C=O) groups excluding carboxylic acids is 1. The zero-order chi connectivity index (χ0) is 19.1. The average molecular weight is 388 g/mol. The van der Waals surface area contributed by atoms with Crippen LogP contribution in [0.25, 0.3) is 21.8 Å². The van der Waals surface area contributed by atoms with E-state index in [1.54, 1.807) is 0 Å². The molecule has 2 aromatic carbocycles. The molecule has 0 bridgehead atoms. The number of nitrogens with zero attached hydrogens (tertiary/aromatic N) is 3. The Morgan fingerprint density at radius 2 is 1.89 bits per heavy atom. The van der Waals surface area contributed by atoms with E-state index in [0.717, 1.165) is 40.2 Å². The Morgan fingerprint density at radius 1 is 1.11 bits per heavy atom. The molecule has 28 heavy (non-hydrogen) atoms. The number of thioether (sulfide) groups is 1. The Bertz CT molecular complexity index is 1200. The summed E-state index contributed by atoms with van der Waals surface area (Å²) in [7, 11) is 0. The van der Waals surface area contributed by atoms with Gasteiger partial charge in [-0.3, -0.25) is 4.79 Å². The molecule has 0 unspecified atom stereocenters. The first kappa shape index (κ1) is 17.3. The second-order valence-corrected chi connectivity index (χ2v) is 8.04. The zero-order valence-electron chi connectivity index (χ0n) is 15.6. The first-order valence-corrected chi connectivity index (χ1v) is 10.4. The van der Waals surface area contributed by atoms with Crippen LogP contribution in [0, 0.1) is 6.92 Å². The Kier molecular flexibility index (Phi) is 4.28. The van der Waals surface area contributed by atoms with E-state index in [2.05, 4.69) is 33.2 Å². The van der Waals surface area contributed by atoms with Crippen LogP contribution in [0.5, 0.6) is 0 Å². The Morgan fingerprint density at radius 3 is 2.79 bits per heavy atom. The molecule has 2 aromatic heterocycles. The number of benzene rings is 2. The quantitative estimate of drug-likeness (QED) is 0.424. The fourth-order valence-electron chi connectivity index (χ4n) is 3.87. The molecule has 140 valence electrons. The smallest absolute Gasteiger partial charge is 0.233 e. The van der Waals surface area contributed by atoms with E-state index in [1.807, 2.05) is 42.2 Å². The van der Waals surface area contributed by atoms with Gasteiger partial charge in [-0.1, -0.05) is 48.2 Å². The number of para-hydroxylation sites is 2. The lowest BCUT2D eigenvalue weighted by molar-refractivity contribution is -0.129. The summed E-state index contributed by atoms with van der Waals surface area (Å²) in [4.78, 5) is 27.4. The summed E-state index contributed by atoms with van der Waals surface area (Å²) >= 11 is 1.50. The summed E-state index contributed by atoms with van der Waals surface area (Å²) in [5.41, 5.74) is 4.59. The fourth-order valence-corrected chi connectivity index (χ4v) is 4.84. The third kappa shape index (κ3) is 3.03. The van der Waals surface area contributed by atoms with Crippen molar-refractivity contribution in [1.29, 1.82) is 0 Å². The van der Waals surface area contributed by atoms with Gasteiger partial charge in [-0.2, -0.15) is 0 Å². The first-order chi connectivity index (χ1) is 13.7. The molecule has 0 atom stereocenters. The van der Waals surface area contributed by atoms with Crippen LogP contribution in [-0.2, 0) is 17.8 Å². The van der Waals surface area contributed by atoms with Gasteiger partial charge >= 0.3 is 0 Å². The number of nitrogens with one attached hydrogen (secondary N) is 1. The van der Waals surface area contributed by atoms with E-state index >= 15 is 0 Å². The molecule has 0 radical (unpaired) electrons. The topological polar surface area (TPSA) is 61.9 Å². The second-order valence-electron chi connectivity index (χ2n) is 7.07. The van der Waals surface area contributed by atoms with E-state index in [4.69, 9.17) is 0 Å². The van der Waals surface area contributed by atoms with Gasteiger partial charge in [0.1, 0.15) is 10.9 Å². The minimum absolute atomic E-state index is 0.154. The fraction of sp³-hybridized carbons (Fsp3) is 0.227. The summed E-state index contributed by atoms with van der Waals surface area (Å²) in [6.07, 6.45) is 0.871. The molecule has 0 fully saturated rings. The number of amides is 1. The van der Waals surface area contributed by atoms with Crippen molar-refractivity contribution in [3.63, 3.8) is 0 Å². The van der Waals surface area contributed by atoms with E-state index in [9.17, 15) is 4.79 Å². The van der Waals surface area contributed by atoms with Crippen molar-refractivity contribution in [3.8, 4) is 0 Å². The number of rotatable bonds is 3. The molecule has 5 rings (SSSR count). The predicted octanol–water partition coefficient (Wildman–Crippen LogP) is 4.10. The summed E-state index contributed by atoms with van der Waals surface area (Å²) in [6.45, 7) is 3.31. The highest BCUT2D eigenvalue weighted by atomic mass is 32.2. The minimum atomic E-state index is 0.154. The van der Waals surface area contributed by atoms with E-state index in [-0.39, 0.29) is 5.91 Å². The number of H-pyrrole nitrogens is 1. The van der Waals surface area contributed by atoms with Crippen LogP contribution in [0.3, 0.4) is 0 Å². The minimum Gasteiger partial charge on any atom is -0.358 e. The monoisotopic (exact) mass is 388 g/mol. The summed E-state index contributed by atoms with van der Waals surface area (Å²) in [5, 5.41) is 3.10. The number of hydrogen-bond donors (Lipinski definition) is 1. The number of fused-ring (bicyclic) bond motifs is 4. The Labute approximate surface area is 167 Å². The Balaban J connectivity index is 1.34. The van der Waals surface area contributed by atoms with Crippen LogP contribution >= 0.6 is 11.8 Å². The van der Waals surface area contributed by atoms with Crippen molar-refractivity contribution in [1.82, 2.24) is 19.9 Å². The molecule has 0 aliphatic carbocycles. The van der Waals surface area contributed by atoms with Gasteiger partial charge in [0.25, 0.3) is 0 Å². The summed E-state index contributed by atoms with van der Waals surface area (Å²) in [6, 6.07) is 16.3. The maximum atomic E-state index is 12.9. The normalized spacial score (nSPS) is 13.8. The van der Waals surface area contributed by atoms with Crippen LogP contribution in [-0.4, -0.2) is 38.1 Å². The van der Waals surface area contributed by atoms with Gasteiger partial charge in [0.2, 0.25) is 5.91 Å². The Hall–Kier alpha value is -2.86. The molecule has 5 nitrogen and oxygen atoms in total. The maximum Gasteiger partial charge on any atom is 0.233 e. The average Bonchev–Trinajstić information content (AvgIpc) is 3.09. The van der Waals surface area contributed by atoms with Gasteiger partial charge in [0.05, 0.1) is 11.3 Å². The van der Waals surface area contributed by atoms with Crippen LogP contribution in [0.15, 0.2) is 53.6 Å². The summed E-state index contributed by atoms with van der Waals surface area (Å²) in [5.74, 6) is 1.27. The van der Waals surface area contributed by atoms with Crippen molar-refractivity contribution in [2.75, 3.05) is 12.3 Å². The van der Waals surface area contributed by atoms with E-state index < -0.39 is 0 Å². The number of hydrogen-bond acceptors (Lipinski definition) is 4. The van der Waals surface area contributed by atoms with E-state index in [1.165, 1.54) is 28.4 Å². The molecule has 1 amide bonds. The van der Waals surface area contributed by atoms with E-state index in [0.29, 0.717) is 12.3 Å². The maximum absolute atomic E-state index is 12.9. The molecule has 3 heterocycles. The largest absolute Gasteiger partial charge is 0.358 e. The molecule has 6 heteroatoms. The highest BCUT2D eigenvalue weighted by Crippen LogP contribution is 2.29. The number of aryl methyl sites for hydroxylation is 1. The standard InChI is InChI=1S/C22H20N4OS/c1-14-23-19-9-5-3-7-16(19)22(24-14)28-13-21(27)26-11-10-20-17(12-26)15-6-2-4-8-18(15)25-20/h2-9,25H,10-13H2,1H3. The predicted molar refractivity (Wildman–Crippen MR) is 112 cm³/mol. The van der Waals surface area contributed by atoms with Gasteiger partial charge in [-0.25, -0.2) is 9.97 Å². The molecule has 0 saturated carbocycles. The number of aromatic nitrogens is 3. The third-order valence-corrected chi connectivity index (χ3v) is 6.22. The van der Waals surface area contributed by atoms with Gasteiger partial charge in [0, 0.05) is 47.1 Å². The molecular weight excluding hydrogens is 368 g/mol. The lowest BCUT2D eigenvalue weighted by atomic mass is 10.0. The molecule has 0 saturated heterocycles. The van der Waals surface area contributed by atoms with Crippen molar-refractivity contribution >= 4 is 39.5 Å². The SMILES string of the molecule is Cc1nc(SCC(=O)N2CCc3[nH]c4ccccc4c3C2)c2ccccc2n1. The molecule has 4 aromatic rings. The van der Waals surface area contributed by atoms with Gasteiger partial charge in [-0.15, -0.1) is 0 Å². The zero-order valence-corrected chi connectivity index (χ0v) is 16.4. The van der Waals surface area contributed by atoms with Gasteiger partial charge < -0.3 is 9.88 Å². The molecule has 1 N–H and O–H groups in total. The van der Waals surface area contributed by atoms with Crippen molar-refractivity contribution < 1.29 is 4.79 Å². The van der Waals surface area contributed by atoms with Gasteiger partial charge in [-0.05, 0) is 19.1 Å². The van der Waals surface area contributed by atoms with Crippen LogP contribution < -0.4 is 0 Å². The van der Waals surface area contributed by atoms with Crippen LogP contribution in [0.4, 0.5) is 0 Å². The van der Waals surface area contributed by atoms with Gasteiger partial charge in [0.15, 0.2) is 0 Å². The molecule has 1 aliphatic rings. The number of aromatic amines is 1. The molecule has 1 aliphatic heterocycles. The molecular formula is C22H20N4OS.